The van der Waals surface area contributed by atoms with Crippen LogP contribution in [0.5, 0.6) is 0 Å². The molecule has 4 nitrogen and oxygen atoms in total. The number of thiophene rings is 1. The van der Waals surface area contributed by atoms with E-state index in [0.29, 0.717) is 6.54 Å². The first-order valence-electron chi connectivity index (χ1n) is 5.24. The summed E-state index contributed by atoms with van der Waals surface area (Å²) >= 11 is 3.37. The van der Waals surface area contributed by atoms with E-state index in [1.54, 1.807) is 29.7 Å². The SMILES string of the molecule is CN=C(NCc1cccs1)NCc1nccs1. The van der Waals surface area contributed by atoms with Crippen LogP contribution in [-0.2, 0) is 13.1 Å². The zero-order valence-electron chi connectivity index (χ0n) is 9.51. The van der Waals surface area contributed by atoms with Gasteiger partial charge in [0.05, 0.1) is 13.1 Å². The summed E-state index contributed by atoms with van der Waals surface area (Å²) in [4.78, 5) is 9.66. The number of aromatic nitrogens is 1. The van der Waals surface area contributed by atoms with Gasteiger partial charge < -0.3 is 10.6 Å². The van der Waals surface area contributed by atoms with Crippen molar-refractivity contribution in [2.24, 2.45) is 4.99 Å². The second kappa shape index (κ2) is 6.36. The van der Waals surface area contributed by atoms with Crippen LogP contribution >= 0.6 is 22.7 Å². The molecule has 6 heteroatoms. The van der Waals surface area contributed by atoms with Crippen molar-refractivity contribution in [2.45, 2.75) is 13.1 Å². The summed E-state index contributed by atoms with van der Waals surface area (Å²) in [6.07, 6.45) is 1.81. The Balaban J connectivity index is 1.77. The molecule has 0 aromatic carbocycles. The zero-order chi connectivity index (χ0) is 11.9. The summed E-state index contributed by atoms with van der Waals surface area (Å²) < 4.78 is 0. The average Bonchev–Trinajstić information content (AvgIpc) is 3.02. The molecule has 90 valence electrons. The summed E-state index contributed by atoms with van der Waals surface area (Å²) in [6, 6.07) is 4.15. The number of hydrogen-bond donors (Lipinski definition) is 2. The van der Waals surface area contributed by atoms with Crippen molar-refractivity contribution >= 4 is 28.6 Å². The van der Waals surface area contributed by atoms with E-state index in [-0.39, 0.29) is 0 Å². The van der Waals surface area contributed by atoms with Crippen molar-refractivity contribution in [1.82, 2.24) is 15.6 Å². The fraction of sp³-hybridized carbons (Fsp3) is 0.273. The van der Waals surface area contributed by atoms with E-state index in [1.165, 1.54) is 4.88 Å². The van der Waals surface area contributed by atoms with E-state index < -0.39 is 0 Å². The molecule has 2 N–H and O–H groups in total. The Hall–Kier alpha value is -1.40. The molecule has 0 radical (unpaired) electrons. The molecule has 0 saturated carbocycles. The molecule has 0 aliphatic carbocycles. The van der Waals surface area contributed by atoms with Crippen LogP contribution in [0.25, 0.3) is 0 Å². The molecule has 0 unspecified atom stereocenters. The Labute approximate surface area is 108 Å². The number of guanidine groups is 1. The van der Waals surface area contributed by atoms with Crippen molar-refractivity contribution in [3.63, 3.8) is 0 Å². The molecule has 0 saturated heterocycles. The van der Waals surface area contributed by atoms with Gasteiger partial charge in [0.1, 0.15) is 5.01 Å². The van der Waals surface area contributed by atoms with Gasteiger partial charge >= 0.3 is 0 Å². The molecular formula is C11H14N4S2. The Bertz CT molecular complexity index is 408. The monoisotopic (exact) mass is 266 g/mol. The quantitative estimate of drug-likeness (QED) is 0.658. The van der Waals surface area contributed by atoms with Crippen LogP contribution in [0.15, 0.2) is 34.1 Å². The van der Waals surface area contributed by atoms with Gasteiger partial charge in [0.25, 0.3) is 0 Å². The first kappa shape index (κ1) is 12.1. The molecule has 2 aromatic rings. The van der Waals surface area contributed by atoms with Gasteiger partial charge in [-0.15, -0.1) is 22.7 Å². The molecular weight excluding hydrogens is 252 g/mol. The van der Waals surface area contributed by atoms with E-state index >= 15 is 0 Å². The Morgan fingerprint density at radius 3 is 2.82 bits per heavy atom. The maximum Gasteiger partial charge on any atom is 0.191 e. The van der Waals surface area contributed by atoms with E-state index in [0.717, 1.165) is 17.5 Å². The first-order chi connectivity index (χ1) is 8.38. The average molecular weight is 266 g/mol. The zero-order valence-corrected chi connectivity index (χ0v) is 11.1. The summed E-state index contributed by atoms with van der Waals surface area (Å²) in [5.74, 6) is 0.800. The summed E-state index contributed by atoms with van der Waals surface area (Å²) in [5.41, 5.74) is 0. The van der Waals surface area contributed by atoms with Crippen LogP contribution in [0.2, 0.25) is 0 Å². The third kappa shape index (κ3) is 3.83. The molecule has 17 heavy (non-hydrogen) atoms. The fourth-order valence-corrected chi connectivity index (χ4v) is 2.50. The lowest BCUT2D eigenvalue weighted by atomic mass is 10.5. The van der Waals surface area contributed by atoms with Gasteiger partial charge in [0.2, 0.25) is 0 Å². The van der Waals surface area contributed by atoms with Crippen molar-refractivity contribution in [2.75, 3.05) is 7.05 Å². The van der Waals surface area contributed by atoms with Gasteiger partial charge in [0.15, 0.2) is 5.96 Å². The smallest absolute Gasteiger partial charge is 0.191 e. The van der Waals surface area contributed by atoms with Crippen LogP contribution in [0.4, 0.5) is 0 Å². The number of aliphatic imine (C=N–C) groups is 1. The third-order valence-corrected chi connectivity index (χ3v) is 3.78. The van der Waals surface area contributed by atoms with Gasteiger partial charge in [-0.2, -0.15) is 0 Å². The van der Waals surface area contributed by atoms with Crippen LogP contribution in [0.3, 0.4) is 0 Å². The number of nitrogens with zero attached hydrogens (tertiary/aromatic N) is 2. The van der Waals surface area contributed by atoms with E-state index in [2.05, 4.69) is 32.1 Å². The highest BCUT2D eigenvalue weighted by Crippen LogP contribution is 2.07. The van der Waals surface area contributed by atoms with E-state index in [4.69, 9.17) is 0 Å². The van der Waals surface area contributed by atoms with Crippen molar-refractivity contribution in [1.29, 1.82) is 0 Å². The molecule has 0 bridgehead atoms. The molecule has 0 aliphatic rings. The lowest BCUT2D eigenvalue weighted by Crippen LogP contribution is -2.36. The maximum atomic E-state index is 4.21. The third-order valence-electron chi connectivity index (χ3n) is 2.12. The van der Waals surface area contributed by atoms with Crippen molar-refractivity contribution in [3.05, 3.63) is 39.0 Å². The minimum atomic E-state index is 0.710. The van der Waals surface area contributed by atoms with Gasteiger partial charge in [-0.1, -0.05) is 6.07 Å². The van der Waals surface area contributed by atoms with Gasteiger partial charge in [-0.25, -0.2) is 4.98 Å². The molecule has 2 rings (SSSR count). The highest BCUT2D eigenvalue weighted by atomic mass is 32.1. The predicted octanol–water partition coefficient (Wildman–Crippen LogP) is 2.07. The molecule has 0 aliphatic heterocycles. The standard InChI is InChI=1S/C11H14N4S2/c1-12-11(14-7-9-3-2-5-16-9)15-8-10-13-4-6-17-10/h2-6H,7-8H2,1H3,(H2,12,14,15). The normalized spacial score (nSPS) is 11.5. The summed E-state index contributed by atoms with van der Waals surface area (Å²) in [5, 5.41) is 11.6. The second-order valence-corrected chi connectivity index (χ2v) is 5.30. The summed E-state index contributed by atoms with van der Waals surface area (Å²) in [6.45, 7) is 1.51. The van der Waals surface area contributed by atoms with Crippen LogP contribution in [-0.4, -0.2) is 18.0 Å². The van der Waals surface area contributed by atoms with Crippen molar-refractivity contribution < 1.29 is 0 Å². The number of hydrogen-bond acceptors (Lipinski definition) is 4. The van der Waals surface area contributed by atoms with Gasteiger partial charge in [-0.05, 0) is 11.4 Å². The lowest BCUT2D eigenvalue weighted by molar-refractivity contribution is 0.811. The van der Waals surface area contributed by atoms with Crippen molar-refractivity contribution in [3.8, 4) is 0 Å². The van der Waals surface area contributed by atoms with E-state index in [9.17, 15) is 0 Å². The molecule has 2 aromatic heterocycles. The van der Waals surface area contributed by atoms with Crippen LogP contribution < -0.4 is 10.6 Å². The molecule has 0 atom stereocenters. The van der Waals surface area contributed by atoms with Crippen LogP contribution in [0, 0.1) is 0 Å². The highest BCUT2D eigenvalue weighted by Gasteiger charge is 2.00. The Morgan fingerprint density at radius 1 is 1.29 bits per heavy atom. The minimum Gasteiger partial charge on any atom is -0.352 e. The number of rotatable bonds is 4. The maximum absolute atomic E-state index is 4.21. The largest absolute Gasteiger partial charge is 0.352 e. The van der Waals surface area contributed by atoms with E-state index in [1.807, 2.05) is 17.6 Å². The van der Waals surface area contributed by atoms with Gasteiger partial charge in [0, 0.05) is 23.5 Å². The highest BCUT2D eigenvalue weighted by molar-refractivity contribution is 7.10. The number of thiazole rings is 1. The minimum absolute atomic E-state index is 0.710. The molecule has 0 amide bonds. The number of nitrogens with one attached hydrogen (secondary N) is 2. The topological polar surface area (TPSA) is 49.3 Å². The summed E-state index contributed by atoms with van der Waals surface area (Å²) in [7, 11) is 1.77. The molecule has 0 fully saturated rings. The van der Waals surface area contributed by atoms with Crippen LogP contribution in [0.1, 0.15) is 9.88 Å². The first-order valence-corrected chi connectivity index (χ1v) is 6.99. The molecule has 0 spiro atoms. The second-order valence-electron chi connectivity index (χ2n) is 3.28. The predicted molar refractivity (Wildman–Crippen MR) is 73.5 cm³/mol. The Kier molecular flexibility index (Phi) is 4.52. The lowest BCUT2D eigenvalue weighted by Gasteiger charge is -2.09. The molecule has 2 heterocycles. The fourth-order valence-electron chi connectivity index (χ4n) is 1.30. The van der Waals surface area contributed by atoms with Gasteiger partial charge in [-0.3, -0.25) is 4.99 Å². The Morgan fingerprint density at radius 2 is 2.18 bits per heavy atom.